The van der Waals surface area contributed by atoms with Gasteiger partial charge in [-0.25, -0.2) is 0 Å². The van der Waals surface area contributed by atoms with Gasteiger partial charge in [0.1, 0.15) is 17.8 Å². The van der Waals surface area contributed by atoms with E-state index >= 15 is 0 Å². The highest BCUT2D eigenvalue weighted by Crippen LogP contribution is 2.32. The molecule has 1 fully saturated rings. The highest BCUT2D eigenvalue weighted by Gasteiger charge is 2.36. The summed E-state index contributed by atoms with van der Waals surface area (Å²) < 4.78 is 34.0. The molecule has 1 unspecified atom stereocenters. The molecule has 0 amide bonds. The zero-order chi connectivity index (χ0) is 24.8. The molecule has 184 valence electrons. The molecule has 35 heavy (non-hydrogen) atoms. The number of aromatic hydroxyl groups is 1. The van der Waals surface area contributed by atoms with Gasteiger partial charge in [-0.1, -0.05) is 48.5 Å². The predicted molar refractivity (Wildman–Crippen MR) is 135 cm³/mol. The Hall–Kier alpha value is -3.40. The number of hydrogen-bond acceptors (Lipinski definition) is 6. The number of carbonyl (C=O) groups is 1. The molecule has 0 aliphatic carbocycles. The fraction of sp³-hybridized carbons (Fsp3) is 0.269. The van der Waals surface area contributed by atoms with Crippen molar-refractivity contribution in [1.29, 1.82) is 0 Å². The number of nitrogens with zero attached hydrogens (tertiary/aromatic N) is 1. The van der Waals surface area contributed by atoms with Crippen LogP contribution in [0, 0.1) is 6.92 Å². The van der Waals surface area contributed by atoms with Crippen LogP contribution in [0.5, 0.6) is 11.5 Å². The third kappa shape index (κ3) is 6.00. The Morgan fingerprint density at radius 2 is 1.83 bits per heavy atom. The number of aryl methyl sites for hydroxylation is 1. The van der Waals surface area contributed by atoms with Crippen LogP contribution in [0.15, 0.2) is 66.7 Å². The molecule has 9 heteroatoms. The first-order chi connectivity index (χ1) is 16.9. The van der Waals surface area contributed by atoms with Crippen molar-refractivity contribution in [2.75, 3.05) is 17.5 Å². The van der Waals surface area contributed by atoms with Crippen LogP contribution in [0.2, 0.25) is 0 Å². The minimum Gasteiger partial charge on any atom is -0.506 e. The van der Waals surface area contributed by atoms with Crippen molar-refractivity contribution in [2.24, 2.45) is 0 Å². The van der Waals surface area contributed by atoms with E-state index in [1.807, 2.05) is 36.4 Å². The summed E-state index contributed by atoms with van der Waals surface area (Å²) in [6, 6.07) is 20.1. The molecule has 4 rings (SSSR count). The maximum Gasteiger partial charge on any atom is 0.302 e. The quantitative estimate of drug-likeness (QED) is 0.374. The lowest BCUT2D eigenvalue weighted by Gasteiger charge is -2.18. The highest BCUT2D eigenvalue weighted by molar-refractivity contribution is 7.91. The number of rotatable bonds is 10. The number of nitrogens with one attached hydrogen (secondary N) is 2. The van der Waals surface area contributed by atoms with Gasteiger partial charge in [0.25, 0.3) is 0 Å². The summed E-state index contributed by atoms with van der Waals surface area (Å²) >= 11 is 0. The second-order valence-electron chi connectivity index (χ2n) is 8.46. The number of ether oxygens (including phenoxy) is 1. The predicted octanol–water partition coefficient (Wildman–Crippen LogP) is 2.83. The molecule has 0 spiro atoms. The van der Waals surface area contributed by atoms with Crippen molar-refractivity contribution in [3.63, 3.8) is 0 Å². The van der Waals surface area contributed by atoms with Crippen LogP contribution in [0.25, 0.3) is 0 Å². The molecular formula is C26H29N3O5S. The van der Waals surface area contributed by atoms with E-state index in [-0.39, 0.29) is 18.0 Å². The number of para-hydroxylation sites is 1. The first-order valence-corrected chi connectivity index (χ1v) is 12.8. The van der Waals surface area contributed by atoms with Gasteiger partial charge in [0, 0.05) is 25.1 Å². The number of phenols is 1. The summed E-state index contributed by atoms with van der Waals surface area (Å²) in [7, 11) is -3.89. The van der Waals surface area contributed by atoms with E-state index in [2.05, 4.69) is 29.1 Å². The number of anilines is 1. The second-order valence-corrected chi connectivity index (χ2v) is 10.1. The van der Waals surface area contributed by atoms with Gasteiger partial charge < -0.3 is 20.0 Å². The molecule has 3 N–H and O–H groups in total. The van der Waals surface area contributed by atoms with Crippen LogP contribution in [-0.4, -0.2) is 39.0 Å². The Morgan fingerprint density at radius 3 is 2.57 bits per heavy atom. The first kappa shape index (κ1) is 24.7. The molecule has 0 radical (unpaired) electrons. The summed E-state index contributed by atoms with van der Waals surface area (Å²) in [5.41, 5.74) is 4.46. The summed E-state index contributed by atoms with van der Waals surface area (Å²) in [5.74, 6) is 0.646. The van der Waals surface area contributed by atoms with Gasteiger partial charge in [-0.2, -0.15) is 13.1 Å². The van der Waals surface area contributed by atoms with E-state index in [9.17, 15) is 18.3 Å². The fourth-order valence-corrected chi connectivity index (χ4v) is 5.44. The Labute approximate surface area is 205 Å². The molecule has 0 bridgehead atoms. The minimum absolute atomic E-state index is 0.0660. The van der Waals surface area contributed by atoms with Crippen LogP contribution >= 0.6 is 0 Å². The third-order valence-electron chi connectivity index (χ3n) is 5.93. The van der Waals surface area contributed by atoms with Gasteiger partial charge in [-0.05, 0) is 41.8 Å². The van der Waals surface area contributed by atoms with E-state index < -0.39 is 16.3 Å². The topological polar surface area (TPSA) is 108 Å². The van der Waals surface area contributed by atoms with Crippen molar-refractivity contribution in [3.05, 3.63) is 89.0 Å². The van der Waals surface area contributed by atoms with Gasteiger partial charge in [0.05, 0.1) is 24.9 Å². The van der Waals surface area contributed by atoms with Gasteiger partial charge >= 0.3 is 10.2 Å². The standard InChI is InChI=1S/C26H29N3O5S/c1-19-6-2-3-7-21(19)12-13-34-26-9-5-4-8-22(26)16-27-15-20-10-11-25(31)24(14-20)29-17-23(18-30)28-35(29,32)33/h2-11,14,18,23,27-28,31H,12-13,15-17H2,1H3. The molecule has 1 saturated heterocycles. The van der Waals surface area contributed by atoms with Crippen molar-refractivity contribution in [1.82, 2.24) is 10.0 Å². The summed E-state index contributed by atoms with van der Waals surface area (Å²) in [6.07, 6.45) is 1.37. The van der Waals surface area contributed by atoms with E-state index in [0.29, 0.717) is 26.0 Å². The zero-order valence-electron chi connectivity index (χ0n) is 19.5. The molecule has 8 nitrogen and oxygen atoms in total. The maximum absolute atomic E-state index is 12.3. The number of aldehydes is 1. The molecular weight excluding hydrogens is 466 g/mol. The first-order valence-electron chi connectivity index (χ1n) is 11.4. The minimum atomic E-state index is -3.89. The lowest BCUT2D eigenvalue weighted by molar-refractivity contribution is -0.108. The smallest absolute Gasteiger partial charge is 0.302 e. The lowest BCUT2D eigenvalue weighted by atomic mass is 10.1. The Bertz CT molecular complexity index is 1300. The van der Waals surface area contributed by atoms with Crippen molar-refractivity contribution in [2.45, 2.75) is 32.5 Å². The highest BCUT2D eigenvalue weighted by atomic mass is 32.2. The number of hydrogen-bond donors (Lipinski definition) is 3. The SMILES string of the molecule is Cc1ccccc1CCOc1ccccc1CNCc1ccc(O)c(N2CC(C=O)NS2(=O)=O)c1. The normalized spacial score (nSPS) is 16.8. The van der Waals surface area contributed by atoms with Gasteiger partial charge in [-0.3, -0.25) is 4.31 Å². The van der Waals surface area contributed by atoms with Crippen LogP contribution in [0.3, 0.4) is 0 Å². The number of phenolic OH excluding ortho intramolecular Hbond substituents is 1. The molecule has 3 aromatic carbocycles. The van der Waals surface area contributed by atoms with Crippen molar-refractivity contribution in [3.8, 4) is 11.5 Å². The van der Waals surface area contributed by atoms with E-state index in [1.54, 1.807) is 12.1 Å². The van der Waals surface area contributed by atoms with E-state index in [1.165, 1.54) is 17.2 Å². The fourth-order valence-electron chi connectivity index (χ4n) is 4.04. The molecule has 0 aromatic heterocycles. The molecule has 1 atom stereocenters. The van der Waals surface area contributed by atoms with Crippen LogP contribution < -0.4 is 19.1 Å². The van der Waals surface area contributed by atoms with Crippen LogP contribution in [0.4, 0.5) is 5.69 Å². The summed E-state index contributed by atoms with van der Waals surface area (Å²) in [6.45, 7) is 3.60. The van der Waals surface area contributed by atoms with Crippen LogP contribution in [0.1, 0.15) is 22.3 Å². The Balaban J connectivity index is 1.37. The monoisotopic (exact) mass is 495 g/mol. The van der Waals surface area contributed by atoms with Gasteiger partial charge in [0.15, 0.2) is 0 Å². The van der Waals surface area contributed by atoms with E-state index in [4.69, 9.17) is 4.74 Å². The Kier molecular flexibility index (Phi) is 7.70. The molecule has 1 heterocycles. The second kappa shape index (κ2) is 10.9. The molecule has 1 aliphatic heterocycles. The largest absolute Gasteiger partial charge is 0.506 e. The van der Waals surface area contributed by atoms with Gasteiger partial charge in [-0.15, -0.1) is 0 Å². The average molecular weight is 496 g/mol. The number of carbonyl (C=O) groups excluding carboxylic acids is 1. The Morgan fingerprint density at radius 1 is 1.09 bits per heavy atom. The van der Waals surface area contributed by atoms with Crippen LogP contribution in [-0.2, 0) is 34.5 Å². The lowest BCUT2D eigenvalue weighted by Crippen LogP contribution is -2.30. The third-order valence-corrected chi connectivity index (χ3v) is 7.46. The van der Waals surface area contributed by atoms with Gasteiger partial charge in [0.2, 0.25) is 0 Å². The van der Waals surface area contributed by atoms with Crippen molar-refractivity contribution >= 4 is 22.2 Å². The maximum atomic E-state index is 12.3. The van der Waals surface area contributed by atoms with Crippen molar-refractivity contribution < 1.29 is 23.1 Å². The number of benzene rings is 3. The average Bonchev–Trinajstić information content (AvgIpc) is 3.16. The van der Waals surface area contributed by atoms with E-state index in [0.717, 1.165) is 27.6 Å². The summed E-state index contributed by atoms with van der Waals surface area (Å²) in [4.78, 5) is 11.0. The zero-order valence-corrected chi connectivity index (χ0v) is 20.3. The molecule has 0 saturated carbocycles. The summed E-state index contributed by atoms with van der Waals surface area (Å²) in [5, 5.41) is 13.6. The molecule has 1 aliphatic rings. The molecule has 3 aromatic rings.